The molecule has 0 radical (unpaired) electrons. The summed E-state index contributed by atoms with van der Waals surface area (Å²) < 4.78 is 0. The second-order valence-corrected chi connectivity index (χ2v) is 5.96. The van der Waals surface area contributed by atoms with Crippen LogP contribution in [0.1, 0.15) is 38.4 Å². The summed E-state index contributed by atoms with van der Waals surface area (Å²) >= 11 is 6.04. The molecule has 0 saturated heterocycles. The fraction of sp³-hybridized carbons (Fsp3) is 0.714. The summed E-state index contributed by atoms with van der Waals surface area (Å²) in [4.78, 5) is 11.1. The highest BCUT2D eigenvalue weighted by Crippen LogP contribution is 2.36. The van der Waals surface area contributed by atoms with Gasteiger partial charge in [-0.25, -0.2) is 9.97 Å². The lowest BCUT2D eigenvalue weighted by molar-refractivity contribution is 0.0738. The Kier molecular flexibility index (Phi) is 4.63. The van der Waals surface area contributed by atoms with Gasteiger partial charge in [0.05, 0.1) is 0 Å². The maximum atomic E-state index is 6.04. The summed E-state index contributed by atoms with van der Waals surface area (Å²) in [7, 11) is 4.30. The summed E-state index contributed by atoms with van der Waals surface area (Å²) in [6, 6.07) is 1.81. The van der Waals surface area contributed by atoms with Crippen molar-refractivity contribution in [2.24, 2.45) is 0 Å². The molecule has 0 aliphatic heterocycles. The van der Waals surface area contributed by atoms with E-state index < -0.39 is 0 Å². The largest absolute Gasteiger partial charge is 0.368 e. The van der Waals surface area contributed by atoms with Crippen LogP contribution in [0.5, 0.6) is 0 Å². The van der Waals surface area contributed by atoms with Gasteiger partial charge in [0, 0.05) is 24.6 Å². The highest BCUT2D eigenvalue weighted by Gasteiger charge is 2.38. The average Bonchev–Trinajstić information content (AvgIpc) is 2.26. The zero-order valence-electron chi connectivity index (χ0n) is 12.0. The molecule has 0 atom stereocenters. The minimum Gasteiger partial charge on any atom is -0.368 e. The molecule has 2 rings (SSSR count). The van der Waals surface area contributed by atoms with Gasteiger partial charge in [-0.3, -0.25) is 0 Å². The van der Waals surface area contributed by atoms with Crippen LogP contribution in [-0.4, -0.2) is 41.0 Å². The molecule has 106 valence electrons. The molecule has 4 nitrogen and oxygen atoms in total. The van der Waals surface area contributed by atoms with Crippen molar-refractivity contribution in [2.75, 3.05) is 26.0 Å². The maximum Gasteiger partial charge on any atom is 0.134 e. The molecule has 5 heteroatoms. The molecule has 19 heavy (non-hydrogen) atoms. The smallest absolute Gasteiger partial charge is 0.134 e. The number of nitrogens with one attached hydrogen (secondary N) is 1. The molecule has 1 fully saturated rings. The molecule has 0 unspecified atom stereocenters. The number of nitrogens with zero attached hydrogens (tertiary/aromatic N) is 3. The first-order valence-electron chi connectivity index (χ1n) is 7.00. The average molecular weight is 283 g/mol. The van der Waals surface area contributed by atoms with Crippen molar-refractivity contribution < 1.29 is 0 Å². The minimum atomic E-state index is 0.280. The molecule has 1 aromatic rings. The fourth-order valence-electron chi connectivity index (χ4n) is 2.51. The Hall–Kier alpha value is -0.870. The van der Waals surface area contributed by atoms with E-state index in [-0.39, 0.29) is 5.54 Å². The van der Waals surface area contributed by atoms with E-state index in [1.54, 1.807) is 0 Å². The SMILES string of the molecule is CCCc1nc(Cl)cc(NCC2(N(C)C)CCC2)n1. The van der Waals surface area contributed by atoms with E-state index in [0.29, 0.717) is 5.15 Å². The van der Waals surface area contributed by atoms with Gasteiger partial charge in [0.1, 0.15) is 16.8 Å². The molecule has 1 N–H and O–H groups in total. The van der Waals surface area contributed by atoms with Gasteiger partial charge < -0.3 is 10.2 Å². The van der Waals surface area contributed by atoms with Gasteiger partial charge in [-0.05, 0) is 39.8 Å². The van der Waals surface area contributed by atoms with Crippen molar-refractivity contribution in [3.8, 4) is 0 Å². The maximum absolute atomic E-state index is 6.04. The third-order valence-electron chi connectivity index (χ3n) is 4.05. The van der Waals surface area contributed by atoms with Crippen molar-refractivity contribution in [1.29, 1.82) is 0 Å². The molecule has 1 aliphatic rings. The van der Waals surface area contributed by atoms with E-state index >= 15 is 0 Å². The second kappa shape index (κ2) is 6.06. The molecule has 1 aliphatic carbocycles. The van der Waals surface area contributed by atoms with Crippen molar-refractivity contribution >= 4 is 17.4 Å². The summed E-state index contributed by atoms with van der Waals surface area (Å²) in [6.07, 6.45) is 5.70. The van der Waals surface area contributed by atoms with Crippen molar-refractivity contribution in [1.82, 2.24) is 14.9 Å². The van der Waals surface area contributed by atoms with Crippen LogP contribution < -0.4 is 5.32 Å². The normalized spacial score (nSPS) is 17.3. The lowest BCUT2D eigenvalue weighted by Gasteiger charge is -2.47. The molecule has 0 aromatic carbocycles. The first-order valence-corrected chi connectivity index (χ1v) is 7.38. The predicted molar refractivity (Wildman–Crippen MR) is 79.8 cm³/mol. The standard InChI is InChI=1S/C14H23ClN4/c1-4-6-12-17-11(15)9-13(18-12)16-10-14(19(2)3)7-5-8-14/h9H,4-8,10H2,1-3H3,(H,16,17,18). The monoisotopic (exact) mass is 282 g/mol. The van der Waals surface area contributed by atoms with Crippen molar-refractivity contribution in [2.45, 2.75) is 44.6 Å². The van der Waals surface area contributed by atoms with E-state index in [9.17, 15) is 0 Å². The number of aromatic nitrogens is 2. The van der Waals surface area contributed by atoms with Gasteiger partial charge in [0.25, 0.3) is 0 Å². The topological polar surface area (TPSA) is 41.1 Å². The lowest BCUT2D eigenvalue weighted by atomic mass is 9.75. The van der Waals surface area contributed by atoms with E-state index in [1.807, 2.05) is 6.07 Å². The minimum absolute atomic E-state index is 0.280. The fourth-order valence-corrected chi connectivity index (χ4v) is 2.71. The summed E-state index contributed by atoms with van der Waals surface area (Å²) in [5.74, 6) is 1.67. The number of rotatable bonds is 6. The number of hydrogen-bond acceptors (Lipinski definition) is 4. The Labute approximate surface area is 120 Å². The van der Waals surface area contributed by atoms with Gasteiger partial charge in [0.15, 0.2) is 0 Å². The third-order valence-corrected chi connectivity index (χ3v) is 4.24. The first-order chi connectivity index (χ1) is 9.05. The van der Waals surface area contributed by atoms with Gasteiger partial charge in [-0.15, -0.1) is 0 Å². The van der Waals surface area contributed by atoms with Crippen LogP contribution in [-0.2, 0) is 6.42 Å². The molecule has 1 saturated carbocycles. The molecular weight excluding hydrogens is 260 g/mol. The van der Waals surface area contributed by atoms with Gasteiger partial charge in [-0.1, -0.05) is 18.5 Å². The second-order valence-electron chi connectivity index (χ2n) is 5.57. The molecule has 0 amide bonds. The highest BCUT2D eigenvalue weighted by atomic mass is 35.5. The summed E-state index contributed by atoms with van der Waals surface area (Å²) in [5, 5.41) is 3.95. The van der Waals surface area contributed by atoms with E-state index in [4.69, 9.17) is 11.6 Å². The zero-order valence-corrected chi connectivity index (χ0v) is 12.8. The van der Waals surface area contributed by atoms with Crippen LogP contribution in [0.2, 0.25) is 5.15 Å². The third kappa shape index (κ3) is 3.37. The van der Waals surface area contributed by atoms with Crippen LogP contribution in [0.3, 0.4) is 0 Å². The number of aryl methyl sites for hydroxylation is 1. The van der Waals surface area contributed by atoms with Crippen molar-refractivity contribution in [3.63, 3.8) is 0 Å². The van der Waals surface area contributed by atoms with E-state index in [2.05, 4.69) is 41.2 Å². The molecule has 0 bridgehead atoms. The molecule has 0 spiro atoms. The summed E-state index contributed by atoms with van der Waals surface area (Å²) in [5.41, 5.74) is 0.280. The Morgan fingerprint density at radius 3 is 2.63 bits per heavy atom. The number of halogens is 1. The zero-order chi connectivity index (χ0) is 13.9. The van der Waals surface area contributed by atoms with Crippen LogP contribution in [0.4, 0.5) is 5.82 Å². The van der Waals surface area contributed by atoms with Crippen molar-refractivity contribution in [3.05, 3.63) is 17.0 Å². The number of anilines is 1. The Morgan fingerprint density at radius 1 is 1.37 bits per heavy atom. The van der Waals surface area contributed by atoms with Crippen LogP contribution in [0.25, 0.3) is 0 Å². The van der Waals surface area contributed by atoms with Gasteiger partial charge >= 0.3 is 0 Å². The van der Waals surface area contributed by atoms with E-state index in [1.165, 1.54) is 19.3 Å². The first kappa shape index (κ1) is 14.5. The van der Waals surface area contributed by atoms with Gasteiger partial charge in [-0.2, -0.15) is 0 Å². The molecule has 1 heterocycles. The number of hydrogen-bond donors (Lipinski definition) is 1. The van der Waals surface area contributed by atoms with Crippen LogP contribution >= 0.6 is 11.6 Å². The van der Waals surface area contributed by atoms with E-state index in [0.717, 1.165) is 31.0 Å². The molecule has 1 aromatic heterocycles. The van der Waals surface area contributed by atoms with Crippen LogP contribution in [0.15, 0.2) is 6.07 Å². The molecular formula is C14H23ClN4. The predicted octanol–water partition coefficient (Wildman–Crippen LogP) is 2.98. The Bertz CT molecular complexity index is 429. The summed E-state index contributed by atoms with van der Waals surface area (Å²) in [6.45, 7) is 3.03. The van der Waals surface area contributed by atoms with Gasteiger partial charge in [0.2, 0.25) is 0 Å². The quantitative estimate of drug-likeness (QED) is 0.815. The number of likely N-dealkylation sites (N-methyl/N-ethyl adjacent to an activating group) is 1. The Morgan fingerprint density at radius 2 is 2.11 bits per heavy atom. The highest BCUT2D eigenvalue weighted by molar-refractivity contribution is 6.29. The van der Waals surface area contributed by atoms with Crippen LogP contribution in [0, 0.1) is 0 Å². The lowest BCUT2D eigenvalue weighted by Crippen LogP contribution is -2.54. The Balaban J connectivity index is 2.02.